The molecule has 0 unspecified atom stereocenters. The van der Waals surface area contributed by atoms with Crippen LogP contribution < -0.4 is 20.9 Å². The number of aromatic nitrogens is 1. The fraction of sp³-hybridized carbons (Fsp3) is 0.280. The van der Waals surface area contributed by atoms with E-state index in [1.165, 1.54) is 17.7 Å². The fourth-order valence-electron chi connectivity index (χ4n) is 3.79. The maximum absolute atomic E-state index is 13.2. The van der Waals surface area contributed by atoms with E-state index in [1.54, 1.807) is 0 Å². The van der Waals surface area contributed by atoms with Crippen molar-refractivity contribution in [1.82, 2.24) is 10.3 Å². The minimum Gasteiger partial charge on any atom is -0.370 e. The van der Waals surface area contributed by atoms with Gasteiger partial charge in [0.15, 0.2) is 5.96 Å². The Bertz CT molecular complexity index is 1020. The minimum absolute atomic E-state index is 0. The molecule has 0 aliphatic carbocycles. The molecular weight excluding hydrogens is 530 g/mol. The van der Waals surface area contributed by atoms with Crippen molar-refractivity contribution in [2.75, 3.05) is 42.5 Å². The van der Waals surface area contributed by atoms with E-state index in [-0.39, 0.29) is 29.8 Å². The Labute approximate surface area is 211 Å². The van der Waals surface area contributed by atoms with Crippen LogP contribution in [0.3, 0.4) is 0 Å². The molecule has 0 atom stereocenters. The van der Waals surface area contributed by atoms with E-state index in [4.69, 9.17) is 5.73 Å². The van der Waals surface area contributed by atoms with Crippen molar-refractivity contribution < 1.29 is 4.39 Å². The molecule has 0 amide bonds. The van der Waals surface area contributed by atoms with Gasteiger partial charge in [-0.1, -0.05) is 30.3 Å². The predicted molar refractivity (Wildman–Crippen MR) is 144 cm³/mol. The third-order valence-corrected chi connectivity index (χ3v) is 5.60. The highest BCUT2D eigenvalue weighted by Gasteiger charge is 2.18. The van der Waals surface area contributed by atoms with E-state index in [0.29, 0.717) is 12.5 Å². The van der Waals surface area contributed by atoms with Crippen molar-refractivity contribution in [1.29, 1.82) is 0 Å². The van der Waals surface area contributed by atoms with Crippen molar-refractivity contribution in [2.24, 2.45) is 10.7 Å². The zero-order valence-corrected chi connectivity index (χ0v) is 20.9. The second-order valence-corrected chi connectivity index (χ2v) is 7.84. The van der Waals surface area contributed by atoms with E-state index in [9.17, 15) is 4.39 Å². The summed E-state index contributed by atoms with van der Waals surface area (Å²) in [5, 5.41) is 3.18. The van der Waals surface area contributed by atoms with Gasteiger partial charge in [0.2, 0.25) is 0 Å². The van der Waals surface area contributed by atoms with Crippen LogP contribution in [0, 0.1) is 5.82 Å². The van der Waals surface area contributed by atoms with E-state index in [0.717, 1.165) is 56.2 Å². The third-order valence-electron chi connectivity index (χ3n) is 5.60. The fourth-order valence-corrected chi connectivity index (χ4v) is 3.79. The monoisotopic (exact) mass is 560 g/mol. The summed E-state index contributed by atoms with van der Waals surface area (Å²) < 4.78 is 13.2. The van der Waals surface area contributed by atoms with Gasteiger partial charge in [-0.15, -0.1) is 24.0 Å². The summed E-state index contributed by atoms with van der Waals surface area (Å²) in [5.41, 5.74) is 9.43. The number of hydrogen-bond donors (Lipinski definition) is 2. The normalized spacial score (nSPS) is 14.0. The Kier molecular flexibility index (Phi) is 9.29. The second-order valence-electron chi connectivity index (χ2n) is 7.84. The Balaban J connectivity index is 0.00000306. The molecule has 8 heteroatoms. The Morgan fingerprint density at radius 2 is 1.64 bits per heavy atom. The number of benzene rings is 2. The number of pyridine rings is 1. The molecule has 0 saturated carbocycles. The van der Waals surface area contributed by atoms with Gasteiger partial charge in [-0.3, -0.25) is 0 Å². The molecule has 0 bridgehead atoms. The smallest absolute Gasteiger partial charge is 0.188 e. The van der Waals surface area contributed by atoms with Gasteiger partial charge in [0, 0.05) is 44.6 Å². The molecule has 3 N–H and O–H groups in total. The number of nitrogens with two attached hydrogens (primary N) is 1. The number of nitrogens with one attached hydrogen (secondary N) is 1. The van der Waals surface area contributed by atoms with E-state index in [2.05, 4.69) is 43.3 Å². The Morgan fingerprint density at radius 1 is 0.939 bits per heavy atom. The predicted octanol–water partition coefficient (Wildman–Crippen LogP) is 3.81. The van der Waals surface area contributed by atoms with Gasteiger partial charge in [0.05, 0.1) is 6.54 Å². The maximum Gasteiger partial charge on any atom is 0.188 e. The molecule has 0 spiro atoms. The van der Waals surface area contributed by atoms with Crippen LogP contribution in [-0.4, -0.2) is 43.7 Å². The molecule has 4 rings (SSSR count). The molecule has 0 radical (unpaired) electrons. The summed E-state index contributed by atoms with van der Waals surface area (Å²) >= 11 is 0. The zero-order valence-electron chi connectivity index (χ0n) is 18.5. The van der Waals surface area contributed by atoms with Gasteiger partial charge in [0.1, 0.15) is 11.6 Å². The molecular formula is C25H30FIN6. The van der Waals surface area contributed by atoms with Gasteiger partial charge in [-0.05, 0) is 53.9 Å². The first-order chi connectivity index (χ1) is 15.7. The third kappa shape index (κ3) is 7.31. The lowest BCUT2D eigenvalue weighted by Crippen LogP contribution is -2.46. The van der Waals surface area contributed by atoms with Crippen LogP contribution in [0.4, 0.5) is 15.9 Å². The summed E-state index contributed by atoms with van der Waals surface area (Å²) in [4.78, 5) is 13.6. The molecule has 1 fully saturated rings. The molecule has 3 aromatic rings. The number of halogens is 2. The molecule has 2 aromatic carbocycles. The molecule has 6 nitrogen and oxygen atoms in total. The minimum atomic E-state index is -0.205. The quantitative estimate of drug-likeness (QED) is 0.262. The molecule has 1 aliphatic heterocycles. The highest BCUT2D eigenvalue weighted by Crippen LogP contribution is 2.20. The number of hydrogen-bond acceptors (Lipinski definition) is 4. The van der Waals surface area contributed by atoms with Crippen molar-refractivity contribution in [3.63, 3.8) is 0 Å². The molecule has 174 valence electrons. The SMILES string of the molecule is I.NC(=NCc1ccnc(N2CCN(c3ccc(F)cc3)CC2)c1)NCCc1ccccc1. The van der Waals surface area contributed by atoms with E-state index >= 15 is 0 Å². The second kappa shape index (κ2) is 12.4. The average Bonchev–Trinajstić information content (AvgIpc) is 2.84. The first-order valence-corrected chi connectivity index (χ1v) is 11.0. The summed E-state index contributed by atoms with van der Waals surface area (Å²) in [5.74, 6) is 1.20. The molecule has 1 aromatic heterocycles. The van der Waals surface area contributed by atoms with Crippen molar-refractivity contribution in [3.8, 4) is 0 Å². The zero-order chi connectivity index (χ0) is 22.2. The standard InChI is InChI=1S/C25H29FN6.HI/c26-22-6-8-23(9-7-22)31-14-16-32(17-15-31)24-18-21(11-12-28-24)19-30-25(27)29-13-10-20-4-2-1-3-5-20;/h1-9,11-12,18H,10,13-17,19H2,(H3,27,29,30);1H. The first-order valence-electron chi connectivity index (χ1n) is 11.0. The number of guanidine groups is 1. The van der Waals surface area contributed by atoms with Gasteiger partial charge in [-0.2, -0.15) is 0 Å². The summed E-state index contributed by atoms with van der Waals surface area (Å²) in [7, 11) is 0. The number of rotatable bonds is 7. The molecule has 1 saturated heterocycles. The molecule has 2 heterocycles. The van der Waals surface area contributed by atoms with Gasteiger partial charge >= 0.3 is 0 Å². The van der Waals surface area contributed by atoms with Crippen LogP contribution in [0.5, 0.6) is 0 Å². The first kappa shape index (κ1) is 24.8. The highest BCUT2D eigenvalue weighted by atomic mass is 127. The van der Waals surface area contributed by atoms with Crippen LogP contribution in [0.25, 0.3) is 0 Å². The van der Waals surface area contributed by atoms with Gasteiger partial charge < -0.3 is 20.9 Å². The lowest BCUT2D eigenvalue weighted by Gasteiger charge is -2.36. The largest absolute Gasteiger partial charge is 0.370 e. The summed E-state index contributed by atoms with van der Waals surface area (Å²) in [6.45, 7) is 4.72. The molecule has 33 heavy (non-hydrogen) atoms. The number of anilines is 2. The lowest BCUT2D eigenvalue weighted by molar-refractivity contribution is 0.624. The van der Waals surface area contributed by atoms with Gasteiger partial charge in [-0.25, -0.2) is 14.4 Å². The lowest BCUT2D eigenvalue weighted by atomic mass is 10.1. The Hall–Kier alpha value is -2.88. The number of nitrogens with zero attached hydrogens (tertiary/aromatic N) is 4. The molecule has 1 aliphatic rings. The highest BCUT2D eigenvalue weighted by molar-refractivity contribution is 14.0. The number of aliphatic imine (C=N–C) groups is 1. The van der Waals surface area contributed by atoms with E-state index < -0.39 is 0 Å². The van der Waals surface area contributed by atoms with Gasteiger partial charge in [0.25, 0.3) is 0 Å². The van der Waals surface area contributed by atoms with Crippen molar-refractivity contribution >= 4 is 41.4 Å². The number of piperazine rings is 1. The van der Waals surface area contributed by atoms with Crippen LogP contribution in [0.2, 0.25) is 0 Å². The van der Waals surface area contributed by atoms with Crippen molar-refractivity contribution in [3.05, 3.63) is 89.9 Å². The van der Waals surface area contributed by atoms with E-state index in [1.807, 2.05) is 42.6 Å². The average molecular weight is 560 g/mol. The van der Waals surface area contributed by atoms with Crippen LogP contribution >= 0.6 is 24.0 Å². The Morgan fingerprint density at radius 3 is 2.36 bits per heavy atom. The van der Waals surface area contributed by atoms with Crippen LogP contribution in [0.15, 0.2) is 77.9 Å². The summed E-state index contributed by atoms with van der Waals surface area (Å²) in [6, 6.07) is 21.0. The van der Waals surface area contributed by atoms with Crippen LogP contribution in [0.1, 0.15) is 11.1 Å². The van der Waals surface area contributed by atoms with Crippen LogP contribution in [-0.2, 0) is 13.0 Å². The summed E-state index contributed by atoms with van der Waals surface area (Å²) in [6.07, 6.45) is 2.73. The maximum atomic E-state index is 13.2. The van der Waals surface area contributed by atoms with Crippen molar-refractivity contribution in [2.45, 2.75) is 13.0 Å². The topological polar surface area (TPSA) is 69.8 Å².